The Balaban J connectivity index is 2.04. The molecular weight excluding hydrogens is 284 g/mol. The predicted molar refractivity (Wildman–Crippen MR) is 87.5 cm³/mol. The van der Waals surface area contributed by atoms with E-state index in [1.165, 1.54) is 5.56 Å². The van der Waals surface area contributed by atoms with E-state index in [2.05, 4.69) is 11.6 Å². The minimum absolute atomic E-state index is 0.0655. The zero-order chi connectivity index (χ0) is 15.3. The van der Waals surface area contributed by atoms with Crippen LogP contribution in [-0.2, 0) is 22.2 Å². The molecule has 0 aromatic heterocycles. The summed E-state index contributed by atoms with van der Waals surface area (Å²) in [5.74, 6) is -0.0655. The second-order valence-electron chi connectivity index (χ2n) is 5.05. The highest BCUT2D eigenvalue weighted by Gasteiger charge is 2.11. The van der Waals surface area contributed by atoms with Crippen molar-refractivity contribution in [1.29, 1.82) is 0 Å². The van der Waals surface area contributed by atoms with Crippen molar-refractivity contribution in [2.45, 2.75) is 25.5 Å². The highest BCUT2D eigenvalue weighted by atomic mass is 32.2. The Hall–Kier alpha value is -2.01. The van der Waals surface area contributed by atoms with Crippen LogP contribution in [0.1, 0.15) is 24.5 Å². The van der Waals surface area contributed by atoms with Gasteiger partial charge in [-0.2, -0.15) is 0 Å². The molecule has 2 rings (SSSR count). The Bertz CT molecular complexity index is 677. The zero-order valence-corrected chi connectivity index (χ0v) is 12.9. The minimum Gasteiger partial charge on any atom is -0.399 e. The smallest absolute Gasteiger partial charge is 0.236 e. The second kappa shape index (κ2) is 6.63. The van der Waals surface area contributed by atoms with Gasteiger partial charge in [-0.1, -0.05) is 37.6 Å². The lowest BCUT2D eigenvalue weighted by atomic mass is 10.1. The van der Waals surface area contributed by atoms with Crippen LogP contribution in [0.15, 0.2) is 48.5 Å². The number of hydrogen-bond donors (Lipinski definition) is 2. The van der Waals surface area contributed by atoms with Crippen molar-refractivity contribution in [2.24, 2.45) is 0 Å². The summed E-state index contributed by atoms with van der Waals surface area (Å²) in [5, 5.41) is 0. The van der Waals surface area contributed by atoms with Gasteiger partial charge in [0, 0.05) is 11.4 Å². The molecule has 0 radical (unpaired) electrons. The standard InChI is InChI=1S/C16H20N2O2S/c1-2-3-13-6-10-16(11-7-13)18-21(19,20)12-14-4-8-15(17)9-5-14/h4-11,18H,2-3,12,17H2,1H3. The molecule has 112 valence electrons. The number of anilines is 2. The van der Waals surface area contributed by atoms with Gasteiger partial charge in [0.2, 0.25) is 10.0 Å². The quantitative estimate of drug-likeness (QED) is 0.805. The molecule has 0 heterocycles. The van der Waals surface area contributed by atoms with Crippen LogP contribution in [0.5, 0.6) is 0 Å². The molecule has 0 aliphatic carbocycles. The maximum absolute atomic E-state index is 12.1. The van der Waals surface area contributed by atoms with Crippen molar-refractivity contribution in [3.63, 3.8) is 0 Å². The number of rotatable bonds is 6. The Morgan fingerprint density at radius 3 is 2.10 bits per heavy atom. The monoisotopic (exact) mass is 304 g/mol. The Morgan fingerprint density at radius 1 is 0.952 bits per heavy atom. The molecule has 5 heteroatoms. The maximum atomic E-state index is 12.1. The molecule has 0 amide bonds. The molecule has 0 saturated carbocycles. The van der Waals surface area contributed by atoms with Crippen molar-refractivity contribution in [2.75, 3.05) is 10.5 Å². The summed E-state index contributed by atoms with van der Waals surface area (Å²) in [6, 6.07) is 14.3. The summed E-state index contributed by atoms with van der Waals surface area (Å²) in [5.41, 5.74) is 8.71. The van der Waals surface area contributed by atoms with Crippen LogP contribution in [0.3, 0.4) is 0 Å². The SMILES string of the molecule is CCCc1ccc(NS(=O)(=O)Cc2ccc(N)cc2)cc1. The van der Waals surface area contributed by atoms with E-state index < -0.39 is 10.0 Å². The normalized spacial score (nSPS) is 11.3. The van der Waals surface area contributed by atoms with Crippen molar-refractivity contribution in [3.8, 4) is 0 Å². The summed E-state index contributed by atoms with van der Waals surface area (Å²) in [6.07, 6.45) is 2.07. The van der Waals surface area contributed by atoms with Gasteiger partial charge in [-0.25, -0.2) is 8.42 Å². The van der Waals surface area contributed by atoms with E-state index in [0.29, 0.717) is 16.9 Å². The maximum Gasteiger partial charge on any atom is 0.236 e. The van der Waals surface area contributed by atoms with E-state index >= 15 is 0 Å². The summed E-state index contributed by atoms with van der Waals surface area (Å²) in [4.78, 5) is 0. The van der Waals surface area contributed by atoms with E-state index in [1.807, 2.05) is 12.1 Å². The first kappa shape index (κ1) is 15.4. The molecule has 0 aliphatic heterocycles. The molecule has 0 atom stereocenters. The topological polar surface area (TPSA) is 72.2 Å². The van der Waals surface area contributed by atoms with Gasteiger partial charge in [0.05, 0.1) is 5.75 Å². The van der Waals surface area contributed by atoms with E-state index in [1.54, 1.807) is 36.4 Å². The molecule has 0 bridgehead atoms. The molecular formula is C16H20N2O2S. The van der Waals surface area contributed by atoms with Crippen LogP contribution in [0.2, 0.25) is 0 Å². The predicted octanol–water partition coefficient (Wildman–Crippen LogP) is 3.16. The average Bonchev–Trinajstić information content (AvgIpc) is 2.43. The molecule has 0 fully saturated rings. The second-order valence-corrected chi connectivity index (χ2v) is 6.77. The van der Waals surface area contributed by atoms with Crippen LogP contribution in [0.25, 0.3) is 0 Å². The van der Waals surface area contributed by atoms with Crippen LogP contribution in [-0.4, -0.2) is 8.42 Å². The summed E-state index contributed by atoms with van der Waals surface area (Å²) in [6.45, 7) is 2.11. The van der Waals surface area contributed by atoms with Crippen molar-refractivity contribution >= 4 is 21.4 Å². The lowest BCUT2D eigenvalue weighted by Gasteiger charge is -2.09. The lowest BCUT2D eigenvalue weighted by molar-refractivity contribution is 0.600. The van der Waals surface area contributed by atoms with Crippen molar-refractivity contribution < 1.29 is 8.42 Å². The Labute approximate surface area is 126 Å². The van der Waals surface area contributed by atoms with Crippen LogP contribution in [0, 0.1) is 0 Å². The fraction of sp³-hybridized carbons (Fsp3) is 0.250. The third kappa shape index (κ3) is 4.79. The number of sulfonamides is 1. The van der Waals surface area contributed by atoms with Gasteiger partial charge in [-0.15, -0.1) is 0 Å². The molecule has 4 nitrogen and oxygen atoms in total. The van der Waals surface area contributed by atoms with E-state index in [-0.39, 0.29) is 5.75 Å². The van der Waals surface area contributed by atoms with Crippen LogP contribution in [0.4, 0.5) is 11.4 Å². The fourth-order valence-corrected chi connectivity index (χ4v) is 3.28. The number of aryl methyl sites for hydroxylation is 1. The molecule has 2 aromatic rings. The Morgan fingerprint density at radius 2 is 1.52 bits per heavy atom. The number of nitrogen functional groups attached to an aromatic ring is 1. The van der Waals surface area contributed by atoms with Gasteiger partial charge in [-0.05, 0) is 41.8 Å². The Kier molecular flexibility index (Phi) is 4.85. The van der Waals surface area contributed by atoms with Gasteiger partial charge >= 0.3 is 0 Å². The number of benzene rings is 2. The van der Waals surface area contributed by atoms with Gasteiger partial charge in [-0.3, -0.25) is 4.72 Å². The minimum atomic E-state index is -3.42. The van der Waals surface area contributed by atoms with Crippen molar-refractivity contribution in [1.82, 2.24) is 0 Å². The number of nitrogens with one attached hydrogen (secondary N) is 1. The number of hydrogen-bond acceptors (Lipinski definition) is 3. The lowest BCUT2D eigenvalue weighted by Crippen LogP contribution is -2.15. The highest BCUT2D eigenvalue weighted by molar-refractivity contribution is 7.91. The summed E-state index contributed by atoms with van der Waals surface area (Å²) in [7, 11) is -3.42. The molecule has 3 N–H and O–H groups in total. The van der Waals surface area contributed by atoms with Gasteiger partial charge in [0.15, 0.2) is 0 Å². The first-order valence-corrected chi connectivity index (χ1v) is 8.57. The van der Waals surface area contributed by atoms with E-state index in [4.69, 9.17) is 5.73 Å². The van der Waals surface area contributed by atoms with E-state index in [9.17, 15) is 8.42 Å². The third-order valence-corrected chi connectivity index (χ3v) is 4.36. The van der Waals surface area contributed by atoms with Crippen LogP contribution < -0.4 is 10.5 Å². The summed E-state index contributed by atoms with van der Waals surface area (Å²) >= 11 is 0. The number of nitrogens with two attached hydrogens (primary N) is 1. The molecule has 0 aliphatic rings. The molecule has 2 aromatic carbocycles. The fourth-order valence-electron chi connectivity index (χ4n) is 2.08. The largest absolute Gasteiger partial charge is 0.399 e. The molecule has 0 saturated heterocycles. The van der Waals surface area contributed by atoms with Crippen LogP contribution >= 0.6 is 0 Å². The molecule has 0 spiro atoms. The van der Waals surface area contributed by atoms with Gasteiger partial charge in [0.1, 0.15) is 0 Å². The van der Waals surface area contributed by atoms with Gasteiger partial charge in [0.25, 0.3) is 0 Å². The first-order chi connectivity index (χ1) is 9.98. The average molecular weight is 304 g/mol. The molecule has 0 unspecified atom stereocenters. The third-order valence-electron chi connectivity index (χ3n) is 3.10. The highest BCUT2D eigenvalue weighted by Crippen LogP contribution is 2.15. The molecule has 21 heavy (non-hydrogen) atoms. The first-order valence-electron chi connectivity index (χ1n) is 6.92. The van der Waals surface area contributed by atoms with Crippen molar-refractivity contribution in [3.05, 3.63) is 59.7 Å². The zero-order valence-electron chi connectivity index (χ0n) is 12.0. The summed E-state index contributed by atoms with van der Waals surface area (Å²) < 4.78 is 26.8. The van der Waals surface area contributed by atoms with E-state index in [0.717, 1.165) is 12.8 Å². The van der Waals surface area contributed by atoms with Gasteiger partial charge < -0.3 is 5.73 Å².